The van der Waals surface area contributed by atoms with Crippen LogP contribution < -0.4 is 15.1 Å². The highest BCUT2D eigenvalue weighted by Crippen LogP contribution is 2.34. The maximum absolute atomic E-state index is 14.7. The number of aliphatic hydroxyl groups is 1. The Bertz CT molecular complexity index is 1280. The van der Waals surface area contributed by atoms with Gasteiger partial charge in [-0.05, 0) is 62.6 Å². The van der Waals surface area contributed by atoms with E-state index >= 15 is 0 Å². The smallest absolute Gasteiger partial charge is 0.227 e. The number of pyridine rings is 2. The number of hydrogen-bond acceptors (Lipinski definition) is 9. The summed E-state index contributed by atoms with van der Waals surface area (Å²) in [6, 6.07) is 4.33. The van der Waals surface area contributed by atoms with Crippen molar-refractivity contribution in [2.24, 2.45) is 0 Å². The second-order valence-electron chi connectivity index (χ2n) is 11.3. The highest BCUT2D eigenvalue weighted by Gasteiger charge is 2.39. The van der Waals surface area contributed by atoms with Gasteiger partial charge in [0.05, 0.1) is 19.3 Å². The molecular formula is C28H39FN8O. The molecule has 0 amide bonds. The zero-order chi connectivity index (χ0) is 27.0. The molecule has 2 aliphatic heterocycles. The van der Waals surface area contributed by atoms with Crippen LogP contribution in [0.25, 0.3) is 10.8 Å². The van der Waals surface area contributed by atoms with E-state index in [1.54, 1.807) is 17.2 Å². The first kappa shape index (κ1) is 26.5. The Hall–Kier alpha value is -3.11. The van der Waals surface area contributed by atoms with Gasteiger partial charge in [-0.3, -0.25) is 4.90 Å². The summed E-state index contributed by atoms with van der Waals surface area (Å²) in [5, 5.41) is 15.5. The second-order valence-corrected chi connectivity index (χ2v) is 11.3. The van der Waals surface area contributed by atoms with Crippen molar-refractivity contribution in [1.82, 2.24) is 24.8 Å². The summed E-state index contributed by atoms with van der Waals surface area (Å²) in [4.78, 5) is 25.2. The van der Waals surface area contributed by atoms with E-state index in [0.717, 1.165) is 42.8 Å². The number of hydrogen-bond donors (Lipinski definition) is 2. The van der Waals surface area contributed by atoms with Crippen LogP contribution in [0.3, 0.4) is 0 Å². The van der Waals surface area contributed by atoms with Crippen molar-refractivity contribution >= 4 is 34.2 Å². The molecule has 2 fully saturated rings. The molecule has 0 radical (unpaired) electrons. The van der Waals surface area contributed by atoms with E-state index in [2.05, 4.69) is 58.8 Å². The van der Waals surface area contributed by atoms with E-state index in [-0.39, 0.29) is 6.54 Å². The van der Waals surface area contributed by atoms with Crippen molar-refractivity contribution in [2.75, 3.05) is 48.0 Å². The Kier molecular flexibility index (Phi) is 7.37. The van der Waals surface area contributed by atoms with Crippen LogP contribution in [0.2, 0.25) is 0 Å². The molecule has 5 rings (SSSR count). The van der Waals surface area contributed by atoms with Gasteiger partial charge in [0.25, 0.3) is 0 Å². The molecule has 204 valence electrons. The molecule has 5 heterocycles. The summed E-state index contributed by atoms with van der Waals surface area (Å²) in [5.41, 5.74) is -0.533. The molecule has 9 nitrogen and oxygen atoms in total. The van der Waals surface area contributed by atoms with E-state index in [9.17, 15) is 9.50 Å². The normalized spacial score (nSPS) is 23.0. The van der Waals surface area contributed by atoms with E-state index in [4.69, 9.17) is 9.97 Å². The molecule has 10 heteroatoms. The maximum Gasteiger partial charge on any atom is 0.227 e. The molecule has 0 aromatic carbocycles. The minimum Gasteiger partial charge on any atom is -0.390 e. The van der Waals surface area contributed by atoms with Crippen molar-refractivity contribution in [2.45, 2.75) is 71.2 Å². The quantitative estimate of drug-likeness (QED) is 0.486. The minimum atomic E-state index is -1.70. The van der Waals surface area contributed by atoms with Gasteiger partial charge < -0.3 is 20.2 Å². The molecule has 2 saturated heterocycles. The van der Waals surface area contributed by atoms with Crippen LogP contribution in [0.5, 0.6) is 0 Å². The molecule has 0 spiro atoms. The first-order valence-corrected chi connectivity index (χ1v) is 13.6. The molecule has 0 unspecified atom stereocenters. The monoisotopic (exact) mass is 522 g/mol. The molecule has 2 atom stereocenters. The van der Waals surface area contributed by atoms with Crippen LogP contribution in [-0.2, 0) is 0 Å². The molecule has 0 bridgehead atoms. The van der Waals surface area contributed by atoms with E-state index in [1.807, 2.05) is 12.4 Å². The third-order valence-corrected chi connectivity index (χ3v) is 7.71. The van der Waals surface area contributed by atoms with Gasteiger partial charge in [0.1, 0.15) is 17.5 Å². The molecule has 0 saturated carbocycles. The van der Waals surface area contributed by atoms with Crippen molar-refractivity contribution in [3.05, 3.63) is 36.3 Å². The third-order valence-electron chi connectivity index (χ3n) is 7.71. The highest BCUT2D eigenvalue weighted by atomic mass is 19.1. The topological polar surface area (TPSA) is 93.5 Å². The number of piperidine rings is 1. The van der Waals surface area contributed by atoms with Crippen LogP contribution in [0.4, 0.5) is 27.8 Å². The van der Waals surface area contributed by atoms with Crippen LogP contribution in [0.1, 0.15) is 58.9 Å². The summed E-state index contributed by atoms with van der Waals surface area (Å²) in [5.74, 6) is 2.96. The number of alkyl halides is 1. The SMILES string of the molecule is CC(C)c1cnc(N2CCCN(C(C)C)C2)c2cnc(Nc3ccnc(N4CC[C@@H](O)[C@@](C)(F)C4)n3)cc12. The Morgan fingerprint density at radius 3 is 2.58 bits per heavy atom. The number of halogens is 1. The Morgan fingerprint density at radius 2 is 1.84 bits per heavy atom. The number of anilines is 4. The summed E-state index contributed by atoms with van der Waals surface area (Å²) in [6.07, 6.45) is 6.03. The van der Waals surface area contributed by atoms with Gasteiger partial charge >= 0.3 is 0 Å². The fourth-order valence-corrected chi connectivity index (χ4v) is 5.35. The molecule has 3 aromatic heterocycles. The molecular weight excluding hydrogens is 483 g/mol. The van der Waals surface area contributed by atoms with Crippen LogP contribution >= 0.6 is 0 Å². The first-order chi connectivity index (χ1) is 18.1. The van der Waals surface area contributed by atoms with Gasteiger partial charge in [0.15, 0.2) is 5.67 Å². The summed E-state index contributed by atoms with van der Waals surface area (Å²) >= 11 is 0. The van der Waals surface area contributed by atoms with Crippen molar-refractivity contribution in [3.8, 4) is 0 Å². The summed E-state index contributed by atoms with van der Waals surface area (Å²) in [7, 11) is 0. The van der Waals surface area contributed by atoms with Crippen molar-refractivity contribution < 1.29 is 9.50 Å². The Balaban J connectivity index is 1.43. The Labute approximate surface area is 224 Å². The van der Waals surface area contributed by atoms with Gasteiger partial charge in [0, 0.05) is 49.7 Å². The average molecular weight is 523 g/mol. The van der Waals surface area contributed by atoms with Gasteiger partial charge in [-0.15, -0.1) is 0 Å². The maximum atomic E-state index is 14.7. The largest absolute Gasteiger partial charge is 0.390 e. The number of aromatic nitrogens is 4. The van der Waals surface area contributed by atoms with Crippen LogP contribution in [-0.4, -0.2) is 80.6 Å². The number of fused-ring (bicyclic) bond motifs is 1. The molecule has 2 N–H and O–H groups in total. The highest BCUT2D eigenvalue weighted by molar-refractivity contribution is 5.95. The predicted molar refractivity (Wildman–Crippen MR) is 150 cm³/mol. The zero-order valence-electron chi connectivity index (χ0n) is 23.0. The predicted octanol–water partition coefficient (Wildman–Crippen LogP) is 4.46. The molecule has 2 aliphatic rings. The van der Waals surface area contributed by atoms with E-state index < -0.39 is 11.8 Å². The number of nitrogens with zero attached hydrogens (tertiary/aromatic N) is 7. The molecule has 0 aliphatic carbocycles. The van der Waals surface area contributed by atoms with Crippen LogP contribution in [0.15, 0.2) is 30.7 Å². The van der Waals surface area contributed by atoms with E-state index in [0.29, 0.717) is 42.5 Å². The van der Waals surface area contributed by atoms with Crippen molar-refractivity contribution in [3.63, 3.8) is 0 Å². The molecule has 38 heavy (non-hydrogen) atoms. The van der Waals surface area contributed by atoms with Gasteiger partial charge in [0.2, 0.25) is 5.95 Å². The average Bonchev–Trinajstić information content (AvgIpc) is 2.89. The number of rotatable bonds is 6. The summed E-state index contributed by atoms with van der Waals surface area (Å²) in [6.45, 7) is 13.7. The lowest BCUT2D eigenvalue weighted by Crippen LogP contribution is -2.52. The lowest BCUT2D eigenvalue weighted by atomic mass is 9.94. The van der Waals surface area contributed by atoms with Gasteiger partial charge in [-0.1, -0.05) is 13.8 Å². The molecule has 3 aromatic rings. The lowest BCUT2D eigenvalue weighted by molar-refractivity contribution is -0.00860. The number of nitrogens with one attached hydrogen (secondary N) is 1. The Morgan fingerprint density at radius 1 is 1.03 bits per heavy atom. The fraction of sp³-hybridized carbons (Fsp3) is 0.571. The third kappa shape index (κ3) is 5.37. The first-order valence-electron chi connectivity index (χ1n) is 13.6. The lowest BCUT2D eigenvalue weighted by Gasteiger charge is -2.39. The van der Waals surface area contributed by atoms with Gasteiger partial charge in [-0.2, -0.15) is 4.98 Å². The zero-order valence-corrected chi connectivity index (χ0v) is 23.0. The standard InChI is InChI=1S/C28H39FN8O/c1-18(2)21-14-32-26(37-11-6-10-36(17-37)19(3)4)22-15-31-25(13-20(21)22)33-24-7-9-30-27(34-24)35-12-8-23(38)28(5,29)16-35/h7,9,13-15,18-19,23,38H,6,8,10-12,16-17H2,1-5H3,(H,30,31,33,34)/t23-,28+/m1/s1. The minimum absolute atomic E-state index is 0.0457. The van der Waals surface area contributed by atoms with Gasteiger partial charge in [-0.25, -0.2) is 19.3 Å². The second kappa shape index (κ2) is 10.6. The van der Waals surface area contributed by atoms with Crippen LogP contribution in [0, 0.1) is 0 Å². The van der Waals surface area contributed by atoms with E-state index in [1.165, 1.54) is 12.5 Å². The fourth-order valence-electron chi connectivity index (χ4n) is 5.35. The summed E-state index contributed by atoms with van der Waals surface area (Å²) < 4.78 is 14.7. The van der Waals surface area contributed by atoms with Crippen molar-refractivity contribution in [1.29, 1.82) is 0 Å². The number of aliphatic hydroxyl groups excluding tert-OH is 1.